The zero-order chi connectivity index (χ0) is 11.3. The predicted molar refractivity (Wildman–Crippen MR) is 55.2 cm³/mol. The normalized spacial score (nSPS) is 17.9. The van der Waals surface area contributed by atoms with Gasteiger partial charge in [-0.25, -0.2) is 4.79 Å². The summed E-state index contributed by atoms with van der Waals surface area (Å²) < 4.78 is 9.07. The van der Waals surface area contributed by atoms with Crippen molar-refractivity contribution in [2.75, 3.05) is 0 Å². The summed E-state index contributed by atoms with van der Waals surface area (Å²) in [6.07, 6.45) is 0.624. The molecule has 3 rings (SSSR count). The Balaban J connectivity index is 2.23. The van der Waals surface area contributed by atoms with Crippen LogP contribution in [0.25, 0.3) is 11.5 Å². The molecule has 0 aliphatic heterocycles. The average Bonchev–Trinajstić information content (AvgIpc) is 2.80. The molecule has 1 unspecified atom stereocenters. The lowest BCUT2D eigenvalue weighted by Crippen LogP contribution is -2.16. The molecule has 2 aromatic rings. The number of fused-ring (bicyclic) bond motifs is 3. The van der Waals surface area contributed by atoms with Crippen LogP contribution in [0.1, 0.15) is 27.0 Å². The number of hydrogen-bond acceptors (Lipinski definition) is 6. The number of aromatic carboxylic acids is 1. The highest BCUT2D eigenvalue weighted by Gasteiger charge is 2.30. The Morgan fingerprint density at radius 1 is 1.69 bits per heavy atom. The van der Waals surface area contributed by atoms with Crippen molar-refractivity contribution in [2.24, 2.45) is 5.73 Å². The summed E-state index contributed by atoms with van der Waals surface area (Å²) in [6, 6.07) is 1.21. The average molecular weight is 237 g/mol. The van der Waals surface area contributed by atoms with Gasteiger partial charge in [0, 0.05) is 18.0 Å². The molecule has 16 heavy (non-hydrogen) atoms. The van der Waals surface area contributed by atoms with Gasteiger partial charge in [-0.3, -0.25) is 0 Å². The maximum absolute atomic E-state index is 10.8. The Bertz CT molecular complexity index is 574. The van der Waals surface area contributed by atoms with Crippen molar-refractivity contribution in [3.63, 3.8) is 0 Å². The van der Waals surface area contributed by atoms with Crippen LogP contribution < -0.4 is 5.73 Å². The van der Waals surface area contributed by atoms with E-state index < -0.39 is 5.97 Å². The van der Waals surface area contributed by atoms with Gasteiger partial charge in [0.05, 0.1) is 4.88 Å². The quantitative estimate of drug-likeness (QED) is 0.768. The second-order valence-corrected chi connectivity index (χ2v) is 4.39. The molecule has 0 aromatic carbocycles. The molecule has 1 aliphatic rings. The van der Waals surface area contributed by atoms with Crippen LogP contribution in [0.15, 0.2) is 10.5 Å². The van der Waals surface area contributed by atoms with Gasteiger partial charge in [0.2, 0.25) is 5.76 Å². The van der Waals surface area contributed by atoms with Crippen LogP contribution in [0, 0.1) is 0 Å². The first-order valence-electron chi connectivity index (χ1n) is 4.61. The highest BCUT2D eigenvalue weighted by molar-refractivity contribution is 7.06. The fourth-order valence-corrected chi connectivity index (χ4v) is 2.49. The SMILES string of the molecule is NC1Cc2snnc2-c2oc(C(=O)O)cc21. The highest BCUT2D eigenvalue weighted by atomic mass is 32.1. The smallest absolute Gasteiger partial charge is 0.371 e. The van der Waals surface area contributed by atoms with Crippen LogP contribution in [-0.4, -0.2) is 20.7 Å². The second-order valence-electron chi connectivity index (χ2n) is 3.56. The summed E-state index contributed by atoms with van der Waals surface area (Å²) >= 11 is 1.26. The number of hydrogen-bond donors (Lipinski definition) is 2. The van der Waals surface area contributed by atoms with Crippen molar-refractivity contribution in [3.8, 4) is 11.5 Å². The summed E-state index contributed by atoms with van der Waals surface area (Å²) in [7, 11) is 0. The summed E-state index contributed by atoms with van der Waals surface area (Å²) in [6.45, 7) is 0. The van der Waals surface area contributed by atoms with Crippen LogP contribution in [0.3, 0.4) is 0 Å². The van der Waals surface area contributed by atoms with Gasteiger partial charge in [-0.05, 0) is 17.6 Å². The molecular formula is C9H7N3O3S. The third-order valence-corrected chi connectivity index (χ3v) is 3.29. The molecule has 0 saturated heterocycles. The second kappa shape index (κ2) is 3.13. The van der Waals surface area contributed by atoms with Gasteiger partial charge in [0.25, 0.3) is 0 Å². The van der Waals surface area contributed by atoms with Crippen LogP contribution in [-0.2, 0) is 6.42 Å². The van der Waals surface area contributed by atoms with E-state index in [0.29, 0.717) is 23.4 Å². The van der Waals surface area contributed by atoms with Crippen molar-refractivity contribution < 1.29 is 14.3 Å². The number of carboxylic acids is 1. The Morgan fingerprint density at radius 3 is 3.25 bits per heavy atom. The molecule has 0 radical (unpaired) electrons. The maximum atomic E-state index is 10.8. The molecule has 0 amide bonds. The zero-order valence-corrected chi connectivity index (χ0v) is 8.82. The fourth-order valence-electron chi connectivity index (χ4n) is 1.80. The number of aromatic nitrogens is 2. The van der Waals surface area contributed by atoms with E-state index in [1.807, 2.05) is 0 Å². The molecule has 82 valence electrons. The van der Waals surface area contributed by atoms with E-state index in [-0.39, 0.29) is 11.8 Å². The molecule has 0 spiro atoms. The van der Waals surface area contributed by atoms with Crippen LogP contribution >= 0.6 is 11.5 Å². The van der Waals surface area contributed by atoms with Crippen LogP contribution in [0.2, 0.25) is 0 Å². The summed E-state index contributed by atoms with van der Waals surface area (Å²) in [5, 5.41) is 12.8. The molecule has 0 fully saturated rings. The number of carboxylic acid groups (broad SMARTS) is 1. The van der Waals surface area contributed by atoms with Gasteiger partial charge in [0.15, 0.2) is 5.76 Å². The Kier molecular flexibility index (Phi) is 1.86. The molecule has 2 aromatic heterocycles. The maximum Gasteiger partial charge on any atom is 0.371 e. The van der Waals surface area contributed by atoms with Gasteiger partial charge in [0.1, 0.15) is 5.69 Å². The van der Waals surface area contributed by atoms with Crippen molar-refractivity contribution in [2.45, 2.75) is 12.5 Å². The Labute approximate surface area is 93.9 Å². The Morgan fingerprint density at radius 2 is 2.50 bits per heavy atom. The van der Waals surface area contributed by atoms with E-state index in [4.69, 9.17) is 15.3 Å². The summed E-state index contributed by atoms with van der Waals surface area (Å²) in [5.74, 6) is -0.771. The molecule has 1 aliphatic carbocycles. The zero-order valence-electron chi connectivity index (χ0n) is 8.01. The molecular weight excluding hydrogens is 230 g/mol. The largest absolute Gasteiger partial charge is 0.475 e. The van der Waals surface area contributed by atoms with E-state index in [0.717, 1.165) is 4.88 Å². The first-order valence-corrected chi connectivity index (χ1v) is 5.38. The van der Waals surface area contributed by atoms with Gasteiger partial charge in [-0.2, -0.15) is 0 Å². The van der Waals surface area contributed by atoms with Crippen molar-refractivity contribution in [1.29, 1.82) is 0 Å². The molecule has 2 heterocycles. The number of nitrogens with zero attached hydrogens (tertiary/aromatic N) is 2. The van der Waals surface area contributed by atoms with Crippen molar-refractivity contribution in [1.82, 2.24) is 9.59 Å². The third kappa shape index (κ3) is 1.18. The van der Waals surface area contributed by atoms with Gasteiger partial charge < -0.3 is 15.3 Å². The molecule has 3 N–H and O–H groups in total. The highest BCUT2D eigenvalue weighted by Crippen LogP contribution is 2.39. The fraction of sp³-hybridized carbons (Fsp3) is 0.222. The molecule has 6 nitrogen and oxygen atoms in total. The van der Waals surface area contributed by atoms with Crippen LogP contribution in [0.5, 0.6) is 0 Å². The molecule has 1 atom stereocenters. The monoisotopic (exact) mass is 237 g/mol. The van der Waals surface area contributed by atoms with Gasteiger partial charge in [-0.1, -0.05) is 4.49 Å². The lowest BCUT2D eigenvalue weighted by molar-refractivity contribution is 0.0663. The minimum absolute atomic E-state index is 0.110. The number of carbonyl (C=O) groups is 1. The minimum atomic E-state index is -1.11. The lowest BCUT2D eigenvalue weighted by atomic mass is 9.96. The van der Waals surface area contributed by atoms with E-state index in [1.54, 1.807) is 0 Å². The Hall–Kier alpha value is -1.73. The first-order chi connectivity index (χ1) is 7.66. The van der Waals surface area contributed by atoms with Gasteiger partial charge in [-0.15, -0.1) is 5.10 Å². The van der Waals surface area contributed by atoms with E-state index in [2.05, 4.69) is 9.59 Å². The molecule has 0 bridgehead atoms. The lowest BCUT2D eigenvalue weighted by Gasteiger charge is -2.14. The number of nitrogens with two attached hydrogens (primary N) is 1. The molecule has 7 heteroatoms. The standard InChI is InChI=1S/C9H7N3O3S/c10-4-2-6-7(11-12-16-6)8-3(4)1-5(15-8)9(13)14/h1,4H,2,10H2,(H,13,14). The first kappa shape index (κ1) is 9.49. The third-order valence-electron chi connectivity index (χ3n) is 2.55. The number of rotatable bonds is 1. The number of furan rings is 1. The van der Waals surface area contributed by atoms with Crippen LogP contribution in [0.4, 0.5) is 0 Å². The minimum Gasteiger partial charge on any atom is -0.475 e. The van der Waals surface area contributed by atoms with Crippen molar-refractivity contribution >= 4 is 17.5 Å². The topological polar surface area (TPSA) is 102 Å². The van der Waals surface area contributed by atoms with Crippen molar-refractivity contribution in [3.05, 3.63) is 22.3 Å². The van der Waals surface area contributed by atoms with E-state index in [9.17, 15) is 4.79 Å². The summed E-state index contributed by atoms with van der Waals surface area (Å²) in [4.78, 5) is 11.7. The summed E-state index contributed by atoms with van der Waals surface area (Å²) in [5.41, 5.74) is 7.24. The van der Waals surface area contributed by atoms with E-state index in [1.165, 1.54) is 17.6 Å². The van der Waals surface area contributed by atoms with E-state index >= 15 is 0 Å². The van der Waals surface area contributed by atoms with Gasteiger partial charge >= 0.3 is 5.97 Å². The predicted octanol–water partition coefficient (Wildman–Crippen LogP) is 1.05. The molecule has 0 saturated carbocycles.